The smallest absolute Gasteiger partial charge is 0.456 e. The van der Waals surface area contributed by atoms with Gasteiger partial charge in [0.05, 0.1) is 0 Å². The molecule has 0 bridgehead atoms. The third kappa shape index (κ3) is 5.74. The summed E-state index contributed by atoms with van der Waals surface area (Å²) in [5, 5.41) is 0. The molecule has 0 spiro atoms. The normalized spacial score (nSPS) is 12.6. The molecule has 0 atom stereocenters. The minimum atomic E-state index is 0. The van der Waals surface area contributed by atoms with Gasteiger partial charge in [0.15, 0.2) is 0 Å². The average molecular weight is 288 g/mol. The van der Waals surface area contributed by atoms with Crippen molar-refractivity contribution in [3.05, 3.63) is 47.3 Å². The molecule has 1 nitrogen and oxygen atoms in total. The van der Waals surface area contributed by atoms with Crippen LogP contribution in [0, 0.1) is 26.0 Å². The minimum absolute atomic E-state index is 0. The first-order chi connectivity index (χ1) is 6.72. The Labute approximate surface area is 105 Å². The average Bonchev–Trinajstić information content (AvgIpc) is 2.78. The van der Waals surface area contributed by atoms with Crippen LogP contribution < -0.4 is 0 Å². The van der Waals surface area contributed by atoms with Gasteiger partial charge in [-0.25, -0.2) is 23.8 Å². The van der Waals surface area contributed by atoms with Gasteiger partial charge < -0.3 is 4.98 Å². The SMILES string of the molecule is CCC1=[C-]CC=C1.Cc1[c-]cc(C)[nH]1.[Ru+2]. The summed E-state index contributed by atoms with van der Waals surface area (Å²) >= 11 is 0. The zero-order valence-electron chi connectivity index (χ0n) is 9.50. The number of aryl methyl sites for hydroxylation is 2. The fourth-order valence-corrected chi connectivity index (χ4v) is 1.28. The number of nitrogens with one attached hydrogen (secondary N) is 1. The van der Waals surface area contributed by atoms with Crippen LogP contribution in [0.4, 0.5) is 0 Å². The van der Waals surface area contributed by atoms with E-state index in [0.29, 0.717) is 0 Å². The van der Waals surface area contributed by atoms with Crippen LogP contribution in [0.25, 0.3) is 0 Å². The molecule has 0 unspecified atom stereocenters. The minimum Gasteiger partial charge on any atom is -0.456 e. The number of rotatable bonds is 1. The number of hydrogen-bond acceptors (Lipinski definition) is 0. The summed E-state index contributed by atoms with van der Waals surface area (Å²) in [4.78, 5) is 3.08. The van der Waals surface area contributed by atoms with Crippen LogP contribution in [0.5, 0.6) is 0 Å². The number of aromatic nitrogens is 1. The van der Waals surface area contributed by atoms with E-state index >= 15 is 0 Å². The van der Waals surface area contributed by atoms with Crippen molar-refractivity contribution in [2.45, 2.75) is 33.6 Å². The Morgan fingerprint density at radius 1 is 1.40 bits per heavy atom. The Hall–Kier alpha value is -0.617. The van der Waals surface area contributed by atoms with Crippen molar-refractivity contribution in [1.82, 2.24) is 4.98 Å². The Morgan fingerprint density at radius 3 is 2.33 bits per heavy atom. The molecule has 1 heterocycles. The molecule has 1 aromatic heterocycles. The molecule has 0 aliphatic heterocycles. The van der Waals surface area contributed by atoms with Crippen molar-refractivity contribution in [3.8, 4) is 0 Å². The van der Waals surface area contributed by atoms with Gasteiger partial charge in [-0.2, -0.15) is 6.08 Å². The Balaban J connectivity index is 0.000000245. The van der Waals surface area contributed by atoms with E-state index in [4.69, 9.17) is 0 Å². The summed E-state index contributed by atoms with van der Waals surface area (Å²) in [6.45, 7) is 6.16. The maximum atomic E-state index is 3.21. The van der Waals surface area contributed by atoms with Gasteiger partial charge in [0.25, 0.3) is 0 Å². The van der Waals surface area contributed by atoms with Crippen LogP contribution in [-0.2, 0) is 19.5 Å². The third-order valence-electron chi connectivity index (χ3n) is 2.04. The summed E-state index contributed by atoms with van der Waals surface area (Å²) in [6, 6.07) is 4.95. The van der Waals surface area contributed by atoms with Gasteiger partial charge in [-0.15, -0.1) is 12.1 Å². The van der Waals surface area contributed by atoms with E-state index in [1.165, 1.54) is 11.3 Å². The summed E-state index contributed by atoms with van der Waals surface area (Å²) in [6.07, 6.45) is 9.65. The molecule has 0 amide bonds. The topological polar surface area (TPSA) is 15.8 Å². The number of allylic oxidation sites excluding steroid dienone is 4. The molecule has 0 aromatic carbocycles. The molecular formula is C13H17NRu. The second-order valence-electron chi connectivity index (χ2n) is 3.38. The van der Waals surface area contributed by atoms with Crippen molar-refractivity contribution in [3.63, 3.8) is 0 Å². The summed E-state index contributed by atoms with van der Waals surface area (Å²) < 4.78 is 0. The van der Waals surface area contributed by atoms with Crippen LogP contribution in [0.1, 0.15) is 31.2 Å². The second kappa shape index (κ2) is 7.65. The molecule has 1 aliphatic carbocycles. The fourth-order valence-electron chi connectivity index (χ4n) is 1.28. The molecule has 1 N–H and O–H groups in total. The van der Waals surface area contributed by atoms with Gasteiger partial charge >= 0.3 is 19.5 Å². The number of aromatic amines is 1. The van der Waals surface area contributed by atoms with Gasteiger partial charge in [0.2, 0.25) is 0 Å². The molecular weight excluding hydrogens is 271 g/mol. The van der Waals surface area contributed by atoms with E-state index in [9.17, 15) is 0 Å². The second-order valence-corrected chi connectivity index (χ2v) is 3.38. The van der Waals surface area contributed by atoms with E-state index in [-0.39, 0.29) is 19.5 Å². The van der Waals surface area contributed by atoms with Crippen molar-refractivity contribution in [2.75, 3.05) is 0 Å². The molecule has 1 aromatic rings. The molecule has 2 heteroatoms. The number of hydrogen-bond donors (Lipinski definition) is 1. The van der Waals surface area contributed by atoms with E-state index in [0.717, 1.165) is 18.5 Å². The van der Waals surface area contributed by atoms with Gasteiger partial charge in [0, 0.05) is 0 Å². The van der Waals surface area contributed by atoms with Crippen molar-refractivity contribution < 1.29 is 19.5 Å². The van der Waals surface area contributed by atoms with Crippen LogP contribution >= 0.6 is 0 Å². The van der Waals surface area contributed by atoms with E-state index in [1.54, 1.807) is 0 Å². The molecule has 82 valence electrons. The molecule has 0 saturated carbocycles. The predicted molar refractivity (Wildman–Crippen MR) is 59.9 cm³/mol. The molecule has 0 radical (unpaired) electrons. The Morgan fingerprint density at radius 2 is 2.13 bits per heavy atom. The fraction of sp³-hybridized carbons (Fsp3) is 0.385. The number of H-pyrrole nitrogens is 1. The molecule has 0 saturated heterocycles. The van der Waals surface area contributed by atoms with E-state index in [2.05, 4.69) is 36.2 Å². The summed E-state index contributed by atoms with van der Waals surface area (Å²) in [7, 11) is 0. The van der Waals surface area contributed by atoms with Crippen LogP contribution in [0.15, 0.2) is 23.8 Å². The molecule has 15 heavy (non-hydrogen) atoms. The van der Waals surface area contributed by atoms with Crippen LogP contribution in [0.2, 0.25) is 0 Å². The quantitative estimate of drug-likeness (QED) is 0.601. The zero-order chi connectivity index (χ0) is 10.4. The summed E-state index contributed by atoms with van der Waals surface area (Å²) in [5.74, 6) is 0. The van der Waals surface area contributed by atoms with Crippen molar-refractivity contribution in [1.29, 1.82) is 0 Å². The Bertz CT molecular complexity index is 318. The first-order valence-corrected chi connectivity index (χ1v) is 5.02. The largest absolute Gasteiger partial charge is 2.00 e. The molecule has 0 fully saturated rings. The maximum Gasteiger partial charge on any atom is 2.00 e. The van der Waals surface area contributed by atoms with Crippen LogP contribution in [-0.4, -0.2) is 4.98 Å². The molecule has 1 aliphatic rings. The standard InChI is InChI=1S/C7H9.C6H8N.Ru/c1-2-7-5-3-4-6-7;1-5-3-4-6(2)7-5;/h3,5H,2,4H2,1H3;3,7H,1-2H3;/q2*-1;+2. The monoisotopic (exact) mass is 289 g/mol. The van der Waals surface area contributed by atoms with Gasteiger partial charge in [-0.3, -0.25) is 6.08 Å². The summed E-state index contributed by atoms with van der Waals surface area (Å²) in [5.41, 5.74) is 3.65. The van der Waals surface area contributed by atoms with Crippen molar-refractivity contribution >= 4 is 0 Å². The maximum absolute atomic E-state index is 3.21. The van der Waals surface area contributed by atoms with Crippen LogP contribution in [0.3, 0.4) is 0 Å². The van der Waals surface area contributed by atoms with Gasteiger partial charge in [0.1, 0.15) is 0 Å². The Kier molecular flexibility index (Phi) is 7.33. The third-order valence-corrected chi connectivity index (χ3v) is 2.04. The first kappa shape index (κ1) is 14.4. The molecule has 2 rings (SSSR count). The van der Waals surface area contributed by atoms with E-state index < -0.39 is 0 Å². The van der Waals surface area contributed by atoms with Gasteiger partial charge in [-0.1, -0.05) is 26.0 Å². The first-order valence-electron chi connectivity index (χ1n) is 5.02. The van der Waals surface area contributed by atoms with Crippen molar-refractivity contribution in [2.24, 2.45) is 0 Å². The van der Waals surface area contributed by atoms with E-state index in [1.807, 2.05) is 19.9 Å². The predicted octanol–water partition coefficient (Wildman–Crippen LogP) is 3.52. The zero-order valence-corrected chi connectivity index (χ0v) is 11.2. The van der Waals surface area contributed by atoms with Gasteiger partial charge in [-0.05, 0) is 6.92 Å².